The minimum Gasteiger partial charge on any atom is -0.361 e. The molecule has 1 saturated heterocycles. The van der Waals surface area contributed by atoms with Crippen LogP contribution in [0.15, 0.2) is 58.7 Å². The minimum absolute atomic E-state index is 0.00270. The maximum Gasteiger partial charge on any atom is 0.251 e. The lowest BCUT2D eigenvalue weighted by Gasteiger charge is -2.39. The maximum atomic E-state index is 12.7. The zero-order valence-corrected chi connectivity index (χ0v) is 18.7. The third-order valence-corrected chi connectivity index (χ3v) is 7.96. The Hall–Kier alpha value is -2.13. The predicted octanol–water partition coefficient (Wildman–Crippen LogP) is 5.67. The van der Waals surface area contributed by atoms with Gasteiger partial charge in [0, 0.05) is 12.1 Å². The number of hydrogen-bond acceptors (Lipinski definition) is 2. The highest BCUT2D eigenvalue weighted by molar-refractivity contribution is 5.95. The smallest absolute Gasteiger partial charge is 0.251 e. The average molecular weight is 404 g/mol. The Morgan fingerprint density at radius 2 is 2.00 bits per heavy atom. The quantitative estimate of drug-likeness (QED) is 0.659. The summed E-state index contributed by atoms with van der Waals surface area (Å²) in [5.41, 5.74) is 7.95. The summed E-state index contributed by atoms with van der Waals surface area (Å²) < 4.78 is 6.42. The Labute approximate surface area is 180 Å². The third kappa shape index (κ3) is 3.01. The third-order valence-electron chi connectivity index (χ3n) is 7.96. The van der Waals surface area contributed by atoms with Gasteiger partial charge in [0.1, 0.15) is 5.60 Å². The van der Waals surface area contributed by atoms with Crippen LogP contribution in [0.5, 0.6) is 0 Å². The Kier molecular flexibility index (Phi) is 4.59. The standard InChI is InChI=1S/C27H33NO2/c1-17(2)20-11-12-26(4)13-14-27-22(24(20)26)10-9-19(15-23(27)30-27)16-28-25(29)21-8-6-5-7-18(21)3/h5-10,17,23H,11-16H2,1-4H3,(H,28,29)/t23-,26+,27-/m0/s1. The van der Waals surface area contributed by atoms with E-state index in [0.29, 0.717) is 17.9 Å². The number of nitrogens with one attached hydrogen (secondary N) is 1. The molecule has 3 aliphatic carbocycles. The molecule has 3 atom stereocenters. The Morgan fingerprint density at radius 3 is 2.77 bits per heavy atom. The van der Waals surface area contributed by atoms with E-state index in [9.17, 15) is 4.79 Å². The fraction of sp³-hybridized carbons (Fsp3) is 0.519. The minimum atomic E-state index is -0.0718. The van der Waals surface area contributed by atoms with Crippen LogP contribution in [0.4, 0.5) is 0 Å². The lowest BCUT2D eigenvalue weighted by molar-refractivity contribution is 0.0956. The fourth-order valence-corrected chi connectivity index (χ4v) is 6.04. The van der Waals surface area contributed by atoms with Gasteiger partial charge in [-0.15, -0.1) is 0 Å². The molecule has 30 heavy (non-hydrogen) atoms. The molecule has 0 radical (unpaired) electrons. The Bertz CT molecular complexity index is 998. The topological polar surface area (TPSA) is 41.6 Å². The highest BCUT2D eigenvalue weighted by Crippen LogP contribution is 2.65. The predicted molar refractivity (Wildman–Crippen MR) is 120 cm³/mol. The number of epoxide rings is 1. The number of fused-ring (bicyclic) bond motifs is 2. The number of carbonyl (C=O) groups excluding carboxylic acids is 1. The van der Waals surface area contributed by atoms with Gasteiger partial charge >= 0.3 is 0 Å². The van der Waals surface area contributed by atoms with E-state index in [1.54, 1.807) is 11.1 Å². The number of carbonyl (C=O) groups is 1. The van der Waals surface area contributed by atoms with Gasteiger partial charge in [-0.2, -0.15) is 0 Å². The van der Waals surface area contributed by atoms with Crippen LogP contribution < -0.4 is 5.32 Å². The molecule has 1 saturated carbocycles. The number of aryl methyl sites for hydroxylation is 1. The van der Waals surface area contributed by atoms with E-state index < -0.39 is 0 Å². The number of benzene rings is 1. The van der Waals surface area contributed by atoms with Gasteiger partial charge in [-0.3, -0.25) is 4.79 Å². The molecule has 3 heteroatoms. The van der Waals surface area contributed by atoms with Crippen molar-refractivity contribution < 1.29 is 9.53 Å². The zero-order chi connectivity index (χ0) is 21.1. The maximum absolute atomic E-state index is 12.7. The van der Waals surface area contributed by atoms with Crippen molar-refractivity contribution in [2.45, 2.75) is 71.5 Å². The number of hydrogen-bond donors (Lipinski definition) is 1. The summed E-state index contributed by atoms with van der Waals surface area (Å²) in [5.74, 6) is 0.595. The molecule has 1 aromatic rings. The SMILES string of the molecule is Cc1ccccc1C(=O)NCC1=CC=C2C3=C(C(C)C)CC[C@]3(C)CC[C@]23O[C@H]3C1. The second-order valence-corrected chi connectivity index (χ2v) is 10.2. The van der Waals surface area contributed by atoms with Gasteiger partial charge in [-0.1, -0.05) is 56.7 Å². The summed E-state index contributed by atoms with van der Waals surface area (Å²) in [7, 11) is 0. The van der Waals surface area contributed by atoms with Crippen LogP contribution in [0.3, 0.4) is 0 Å². The van der Waals surface area contributed by atoms with Crippen molar-refractivity contribution in [2.75, 3.05) is 6.54 Å². The van der Waals surface area contributed by atoms with Crippen LogP contribution in [-0.2, 0) is 4.74 Å². The van der Waals surface area contributed by atoms with Gasteiger partial charge in [0.2, 0.25) is 0 Å². The molecule has 1 heterocycles. The largest absolute Gasteiger partial charge is 0.361 e. The lowest BCUT2D eigenvalue weighted by Crippen LogP contribution is -2.34. The van der Waals surface area contributed by atoms with Crippen molar-refractivity contribution in [3.63, 3.8) is 0 Å². The van der Waals surface area contributed by atoms with Crippen molar-refractivity contribution in [3.8, 4) is 0 Å². The van der Waals surface area contributed by atoms with Crippen LogP contribution in [-0.4, -0.2) is 24.2 Å². The monoisotopic (exact) mass is 403 g/mol. The van der Waals surface area contributed by atoms with E-state index in [1.165, 1.54) is 30.4 Å². The zero-order valence-electron chi connectivity index (χ0n) is 18.7. The van der Waals surface area contributed by atoms with E-state index in [-0.39, 0.29) is 17.6 Å². The van der Waals surface area contributed by atoms with Crippen LogP contribution >= 0.6 is 0 Å². The van der Waals surface area contributed by atoms with Crippen LogP contribution in [0.1, 0.15) is 68.8 Å². The molecule has 1 amide bonds. The number of ether oxygens (including phenoxy) is 1. The Morgan fingerprint density at radius 1 is 1.20 bits per heavy atom. The molecule has 1 aliphatic heterocycles. The van der Waals surface area contributed by atoms with E-state index in [4.69, 9.17) is 4.74 Å². The second kappa shape index (κ2) is 6.95. The van der Waals surface area contributed by atoms with Gasteiger partial charge in [-0.05, 0) is 78.7 Å². The van der Waals surface area contributed by atoms with Crippen molar-refractivity contribution in [1.82, 2.24) is 5.32 Å². The normalized spacial score (nSPS) is 32.0. The van der Waals surface area contributed by atoms with Crippen LogP contribution in [0, 0.1) is 18.3 Å². The molecule has 3 nitrogen and oxygen atoms in total. The van der Waals surface area contributed by atoms with Crippen LogP contribution in [0.2, 0.25) is 0 Å². The molecule has 0 unspecified atom stereocenters. The molecule has 1 spiro atoms. The van der Waals surface area contributed by atoms with E-state index in [2.05, 4.69) is 38.2 Å². The summed E-state index contributed by atoms with van der Waals surface area (Å²) in [6.45, 7) is 9.69. The van der Waals surface area contributed by atoms with Gasteiger partial charge in [-0.25, -0.2) is 0 Å². The second-order valence-electron chi connectivity index (χ2n) is 10.2. The van der Waals surface area contributed by atoms with Gasteiger partial charge in [0.05, 0.1) is 6.10 Å². The van der Waals surface area contributed by atoms with Crippen molar-refractivity contribution in [3.05, 3.63) is 69.8 Å². The summed E-state index contributed by atoms with van der Waals surface area (Å²) >= 11 is 0. The van der Waals surface area contributed by atoms with Crippen molar-refractivity contribution >= 4 is 5.91 Å². The molecule has 0 bridgehead atoms. The summed E-state index contributed by atoms with van der Waals surface area (Å²) in [6, 6.07) is 7.76. The number of amides is 1. The van der Waals surface area contributed by atoms with Gasteiger partial charge in [0.15, 0.2) is 0 Å². The molecular formula is C27H33NO2. The molecular weight excluding hydrogens is 370 g/mol. The molecule has 2 fully saturated rings. The molecule has 4 aliphatic rings. The first-order valence-electron chi connectivity index (χ1n) is 11.5. The number of allylic oxidation sites excluding steroid dienone is 3. The lowest BCUT2D eigenvalue weighted by atomic mass is 9.64. The van der Waals surface area contributed by atoms with Gasteiger partial charge < -0.3 is 10.1 Å². The van der Waals surface area contributed by atoms with Gasteiger partial charge in [0.25, 0.3) is 5.91 Å². The average Bonchev–Trinajstić information content (AvgIpc) is 3.31. The van der Waals surface area contributed by atoms with E-state index >= 15 is 0 Å². The first kappa shape index (κ1) is 19.8. The Balaban J connectivity index is 1.40. The molecule has 1 aromatic carbocycles. The van der Waals surface area contributed by atoms with Crippen molar-refractivity contribution in [1.29, 1.82) is 0 Å². The highest BCUT2D eigenvalue weighted by Gasteiger charge is 2.64. The van der Waals surface area contributed by atoms with E-state index in [0.717, 1.165) is 24.0 Å². The summed E-state index contributed by atoms with van der Waals surface area (Å²) in [6.07, 6.45) is 10.6. The van der Waals surface area contributed by atoms with Crippen molar-refractivity contribution in [2.24, 2.45) is 11.3 Å². The number of rotatable bonds is 4. The highest BCUT2D eigenvalue weighted by atomic mass is 16.6. The van der Waals surface area contributed by atoms with E-state index in [1.807, 2.05) is 31.2 Å². The van der Waals surface area contributed by atoms with Crippen LogP contribution in [0.25, 0.3) is 0 Å². The fourth-order valence-electron chi connectivity index (χ4n) is 6.04. The first-order chi connectivity index (χ1) is 14.3. The molecule has 0 aromatic heterocycles. The first-order valence-corrected chi connectivity index (χ1v) is 11.5. The molecule has 1 N–H and O–H groups in total. The summed E-state index contributed by atoms with van der Waals surface area (Å²) in [4.78, 5) is 12.7. The summed E-state index contributed by atoms with van der Waals surface area (Å²) in [5, 5.41) is 3.13. The molecule has 158 valence electrons. The molecule has 5 rings (SSSR count).